The number of aliphatic hydroxyl groups excluding tert-OH is 1. The largest absolute Gasteiger partial charge is 0.497 e. The van der Waals surface area contributed by atoms with E-state index in [9.17, 15) is 14.7 Å². The Balaban J connectivity index is 1.80. The summed E-state index contributed by atoms with van der Waals surface area (Å²) in [6.07, 6.45) is 2.41. The lowest BCUT2D eigenvalue weighted by molar-refractivity contribution is 0.0598. The molecule has 0 fully saturated rings. The minimum atomic E-state index is -0.654. The van der Waals surface area contributed by atoms with E-state index in [2.05, 4.69) is 12.1 Å². The van der Waals surface area contributed by atoms with Gasteiger partial charge in [-0.05, 0) is 66.8 Å². The molecule has 0 atom stereocenters. The number of rotatable bonds is 6. The number of benzene rings is 2. The van der Waals surface area contributed by atoms with Gasteiger partial charge in [0.25, 0.3) is 5.56 Å². The topological polar surface area (TPSA) is 91.9 Å². The molecule has 2 aromatic heterocycles. The average molecular weight is 503 g/mol. The number of hydrogen-bond donors (Lipinski definition) is 1. The van der Waals surface area contributed by atoms with E-state index in [1.807, 2.05) is 29.8 Å². The van der Waals surface area contributed by atoms with Crippen LogP contribution in [0.15, 0.2) is 47.3 Å². The summed E-state index contributed by atoms with van der Waals surface area (Å²) in [5.74, 6) is 0.578. The van der Waals surface area contributed by atoms with Crippen LogP contribution >= 0.6 is 0 Å². The van der Waals surface area contributed by atoms with Gasteiger partial charge in [-0.25, -0.2) is 4.79 Å². The molecule has 0 saturated heterocycles. The van der Waals surface area contributed by atoms with Crippen LogP contribution in [0.4, 0.5) is 0 Å². The third-order valence-electron chi connectivity index (χ3n) is 7.27. The van der Waals surface area contributed by atoms with Crippen molar-refractivity contribution >= 4 is 16.9 Å². The molecule has 0 amide bonds. The summed E-state index contributed by atoms with van der Waals surface area (Å²) in [7, 11) is 6.39. The van der Waals surface area contributed by atoms with E-state index in [-0.39, 0.29) is 18.7 Å². The maximum atomic E-state index is 13.8. The molecule has 1 aliphatic carbocycles. The van der Waals surface area contributed by atoms with Crippen LogP contribution in [-0.2, 0) is 37.8 Å². The number of aliphatic hydroxyl groups is 1. The zero-order valence-corrected chi connectivity index (χ0v) is 21.5. The van der Waals surface area contributed by atoms with E-state index in [1.54, 1.807) is 30.9 Å². The Morgan fingerprint density at radius 2 is 1.78 bits per heavy atom. The summed E-state index contributed by atoms with van der Waals surface area (Å²) in [6.45, 7) is 0.143. The molecule has 37 heavy (non-hydrogen) atoms. The van der Waals surface area contributed by atoms with Gasteiger partial charge in [-0.3, -0.25) is 4.79 Å². The van der Waals surface area contributed by atoms with Crippen LogP contribution in [0, 0.1) is 0 Å². The van der Waals surface area contributed by atoms with Crippen molar-refractivity contribution in [1.29, 1.82) is 0 Å². The summed E-state index contributed by atoms with van der Waals surface area (Å²) in [5, 5.41) is 10.8. The predicted octanol–water partition coefficient (Wildman–Crippen LogP) is 3.84. The van der Waals surface area contributed by atoms with E-state index >= 15 is 0 Å². The third kappa shape index (κ3) is 4.17. The zero-order valence-electron chi connectivity index (χ0n) is 21.5. The first-order valence-electron chi connectivity index (χ1n) is 12.2. The van der Waals surface area contributed by atoms with Crippen LogP contribution in [0.25, 0.3) is 22.2 Å². The highest BCUT2D eigenvalue weighted by Gasteiger charge is 2.26. The minimum Gasteiger partial charge on any atom is -0.497 e. The van der Waals surface area contributed by atoms with Crippen molar-refractivity contribution in [2.45, 2.75) is 32.4 Å². The molecule has 5 rings (SSSR count). The van der Waals surface area contributed by atoms with Crippen molar-refractivity contribution in [2.75, 3.05) is 21.3 Å². The van der Waals surface area contributed by atoms with Crippen LogP contribution in [0.2, 0.25) is 0 Å². The van der Waals surface area contributed by atoms with Gasteiger partial charge in [-0.1, -0.05) is 0 Å². The molecule has 0 radical (unpaired) electrons. The Labute approximate surface area is 214 Å². The molecule has 2 aromatic carbocycles. The molecule has 0 unspecified atom stereocenters. The van der Waals surface area contributed by atoms with Gasteiger partial charge in [0, 0.05) is 40.8 Å². The molecule has 8 heteroatoms. The Bertz CT molecular complexity index is 1580. The fourth-order valence-electron chi connectivity index (χ4n) is 5.33. The Morgan fingerprint density at radius 1 is 1.00 bits per heavy atom. The number of aryl methyl sites for hydroxylation is 3. The smallest absolute Gasteiger partial charge is 0.343 e. The van der Waals surface area contributed by atoms with Gasteiger partial charge in [-0.15, -0.1) is 0 Å². The molecule has 0 aliphatic heterocycles. The second kappa shape index (κ2) is 9.78. The standard InChI is InChI=1S/C29H30N2O6/c1-30-21(16-32)10-20-12-23-17(13-25(20)30)6-5-7-18-11-24(29(34)37-4)28(33)31(27(18)23)15-19-8-9-22(35-2)14-26(19)36-3/h8-14,32H,5-7,15-16H2,1-4H3. The lowest BCUT2D eigenvalue weighted by Crippen LogP contribution is -2.30. The molecule has 0 bridgehead atoms. The van der Waals surface area contributed by atoms with E-state index in [1.165, 1.54) is 7.11 Å². The van der Waals surface area contributed by atoms with Gasteiger partial charge >= 0.3 is 5.97 Å². The monoisotopic (exact) mass is 502 g/mol. The zero-order chi connectivity index (χ0) is 26.3. The van der Waals surface area contributed by atoms with Crippen LogP contribution < -0.4 is 15.0 Å². The molecule has 0 spiro atoms. The van der Waals surface area contributed by atoms with E-state index in [4.69, 9.17) is 14.2 Å². The minimum absolute atomic E-state index is 0.0144. The van der Waals surface area contributed by atoms with Crippen molar-refractivity contribution in [3.8, 4) is 22.8 Å². The molecule has 192 valence electrons. The van der Waals surface area contributed by atoms with Crippen LogP contribution in [-0.4, -0.2) is 41.5 Å². The molecule has 2 heterocycles. The van der Waals surface area contributed by atoms with Gasteiger partial charge in [-0.2, -0.15) is 0 Å². The quantitative estimate of drug-likeness (QED) is 0.403. The Hall–Kier alpha value is -4.04. The first kappa shape index (κ1) is 24.6. The van der Waals surface area contributed by atoms with E-state index < -0.39 is 11.5 Å². The highest BCUT2D eigenvalue weighted by molar-refractivity contribution is 5.92. The summed E-state index contributed by atoms with van der Waals surface area (Å²) >= 11 is 0. The molecular formula is C29H30N2O6. The highest BCUT2D eigenvalue weighted by atomic mass is 16.5. The maximum absolute atomic E-state index is 13.8. The maximum Gasteiger partial charge on any atom is 0.343 e. The van der Waals surface area contributed by atoms with E-state index in [0.717, 1.165) is 57.4 Å². The Kier molecular flexibility index (Phi) is 6.52. The molecule has 1 N–H and O–H groups in total. The lowest BCUT2D eigenvalue weighted by atomic mass is 9.97. The fraction of sp³-hybridized carbons (Fsp3) is 0.310. The number of fused-ring (bicyclic) bond motifs is 4. The summed E-state index contributed by atoms with van der Waals surface area (Å²) in [6, 6.07) is 13.4. The highest BCUT2D eigenvalue weighted by Crippen LogP contribution is 2.37. The number of aromatic nitrogens is 2. The predicted molar refractivity (Wildman–Crippen MR) is 141 cm³/mol. The number of esters is 1. The third-order valence-corrected chi connectivity index (χ3v) is 7.27. The van der Waals surface area contributed by atoms with Crippen LogP contribution in [0.3, 0.4) is 0 Å². The SMILES string of the molecule is COC(=O)c1cc2c(n(Cc3ccc(OC)cc3OC)c1=O)-c1cc3cc(CO)n(C)c3cc1CCC2. The number of ether oxygens (including phenoxy) is 3. The molecule has 1 aliphatic rings. The number of methoxy groups -OCH3 is 3. The first-order chi connectivity index (χ1) is 17.9. The first-order valence-corrected chi connectivity index (χ1v) is 12.2. The van der Waals surface area contributed by atoms with Crippen molar-refractivity contribution in [3.63, 3.8) is 0 Å². The van der Waals surface area contributed by atoms with Gasteiger partial charge in [0.1, 0.15) is 17.1 Å². The summed E-state index contributed by atoms with van der Waals surface area (Å²) in [5.41, 5.74) is 6.02. The lowest BCUT2D eigenvalue weighted by Gasteiger charge is -2.20. The number of carbonyl (C=O) groups excluding carboxylic acids is 1. The van der Waals surface area contributed by atoms with Crippen molar-refractivity contribution < 1.29 is 24.1 Å². The summed E-state index contributed by atoms with van der Waals surface area (Å²) in [4.78, 5) is 26.4. The van der Waals surface area contributed by atoms with Gasteiger partial charge in [0.15, 0.2) is 0 Å². The molecular weight excluding hydrogens is 472 g/mol. The average Bonchev–Trinajstić information content (AvgIpc) is 3.11. The molecule has 8 nitrogen and oxygen atoms in total. The second-order valence-corrected chi connectivity index (χ2v) is 9.27. The molecule has 4 aromatic rings. The number of nitrogens with zero attached hydrogens (tertiary/aromatic N) is 2. The van der Waals surface area contributed by atoms with Crippen molar-refractivity contribution in [3.05, 3.63) is 80.8 Å². The number of pyridine rings is 1. The normalized spacial score (nSPS) is 12.6. The van der Waals surface area contributed by atoms with Crippen LogP contribution in [0.1, 0.15) is 39.2 Å². The molecule has 0 saturated carbocycles. The number of hydrogen-bond acceptors (Lipinski definition) is 6. The van der Waals surface area contributed by atoms with Gasteiger partial charge in [0.2, 0.25) is 0 Å². The second-order valence-electron chi connectivity index (χ2n) is 9.27. The van der Waals surface area contributed by atoms with Crippen LogP contribution in [0.5, 0.6) is 11.5 Å². The fourth-order valence-corrected chi connectivity index (χ4v) is 5.33. The number of carbonyl (C=O) groups is 1. The van der Waals surface area contributed by atoms with Gasteiger partial charge in [0.05, 0.1) is 40.2 Å². The van der Waals surface area contributed by atoms with Gasteiger partial charge < -0.3 is 28.5 Å². The Morgan fingerprint density at radius 3 is 2.49 bits per heavy atom. The van der Waals surface area contributed by atoms with Crippen molar-refractivity contribution in [1.82, 2.24) is 9.13 Å². The van der Waals surface area contributed by atoms with E-state index in [0.29, 0.717) is 17.9 Å². The van der Waals surface area contributed by atoms with Crippen molar-refractivity contribution in [2.24, 2.45) is 7.05 Å². The summed E-state index contributed by atoms with van der Waals surface area (Å²) < 4.78 is 19.6.